The van der Waals surface area contributed by atoms with Crippen LogP contribution in [-0.4, -0.2) is 37.5 Å². The monoisotopic (exact) mass is 527 g/mol. The molecular formula is C23H25ClF3N5O2S. The second kappa shape index (κ2) is 10.4. The molecule has 35 heavy (non-hydrogen) atoms. The number of aryl methyl sites for hydroxylation is 1. The van der Waals surface area contributed by atoms with Gasteiger partial charge in [0.15, 0.2) is 5.03 Å². The first-order valence-corrected chi connectivity index (χ1v) is 12.2. The molecule has 0 radical (unpaired) electrons. The van der Waals surface area contributed by atoms with Crippen molar-refractivity contribution < 1.29 is 21.6 Å². The molecule has 1 aliphatic heterocycles. The summed E-state index contributed by atoms with van der Waals surface area (Å²) in [5, 5.41) is -0.261. The zero-order valence-electron chi connectivity index (χ0n) is 18.8. The summed E-state index contributed by atoms with van der Waals surface area (Å²) in [5.41, 5.74) is 5.55. The molecule has 1 atom stereocenters. The van der Waals surface area contributed by atoms with E-state index in [-0.39, 0.29) is 40.6 Å². The summed E-state index contributed by atoms with van der Waals surface area (Å²) in [5.74, 6) is 0.234. The molecule has 1 fully saturated rings. The number of rotatable bonds is 5. The van der Waals surface area contributed by atoms with Crippen LogP contribution in [0.3, 0.4) is 0 Å². The SMILES string of the molecule is Cc1ccccc1-c1nc(NS(=O)(=O)c2cccc(N3CCCC(N)C3)n2)ccc1C(F)(F)F.Cl. The molecule has 12 heteroatoms. The standard InChI is InChI=1S/C23H24F3N5O2S.ClH/c1-15-6-2-3-8-17(15)22-18(23(24,25)26)11-12-19(28-22)30-34(32,33)21-10-4-9-20(29-21)31-13-5-7-16(27)14-31;/h2-4,6,8-12,16H,5,7,13-14,27H2,1H3,(H,28,30);1H. The number of anilines is 2. The van der Waals surface area contributed by atoms with Crippen LogP contribution in [-0.2, 0) is 16.2 Å². The number of hydrogen-bond donors (Lipinski definition) is 2. The second-order valence-corrected chi connectivity index (χ2v) is 9.82. The van der Waals surface area contributed by atoms with Gasteiger partial charge in [0, 0.05) is 24.7 Å². The minimum atomic E-state index is -4.66. The third kappa shape index (κ3) is 6.03. The van der Waals surface area contributed by atoms with Crippen LogP contribution in [0.25, 0.3) is 11.3 Å². The zero-order valence-corrected chi connectivity index (χ0v) is 20.4. The number of hydrogen-bond acceptors (Lipinski definition) is 6. The molecule has 3 heterocycles. The predicted molar refractivity (Wildman–Crippen MR) is 131 cm³/mol. The van der Waals surface area contributed by atoms with E-state index in [9.17, 15) is 21.6 Å². The van der Waals surface area contributed by atoms with Crippen LogP contribution in [0.5, 0.6) is 0 Å². The first-order chi connectivity index (χ1) is 16.0. The molecule has 2 aromatic heterocycles. The van der Waals surface area contributed by atoms with Crippen molar-refractivity contribution >= 4 is 34.1 Å². The smallest absolute Gasteiger partial charge is 0.355 e. The van der Waals surface area contributed by atoms with E-state index in [2.05, 4.69) is 14.7 Å². The molecule has 0 bridgehead atoms. The molecule has 1 aromatic carbocycles. The Balaban J connectivity index is 0.00000342. The van der Waals surface area contributed by atoms with E-state index in [4.69, 9.17) is 5.73 Å². The van der Waals surface area contributed by atoms with Crippen molar-refractivity contribution in [3.63, 3.8) is 0 Å². The normalized spacial score (nSPS) is 16.5. The number of nitrogens with two attached hydrogens (primary N) is 1. The number of pyridine rings is 2. The predicted octanol–water partition coefficient (Wildman–Crippen LogP) is 4.62. The average Bonchev–Trinajstić information content (AvgIpc) is 2.78. The average molecular weight is 528 g/mol. The molecule has 1 aliphatic rings. The van der Waals surface area contributed by atoms with Gasteiger partial charge in [0.05, 0.1) is 11.3 Å². The summed E-state index contributed by atoms with van der Waals surface area (Å²) >= 11 is 0. The highest BCUT2D eigenvalue weighted by Crippen LogP contribution is 2.38. The molecule has 0 amide bonds. The summed E-state index contributed by atoms with van der Waals surface area (Å²) < 4.78 is 69.2. The van der Waals surface area contributed by atoms with Crippen molar-refractivity contribution in [3.05, 3.63) is 65.7 Å². The highest BCUT2D eigenvalue weighted by Gasteiger charge is 2.35. The van der Waals surface area contributed by atoms with Gasteiger partial charge in [0.2, 0.25) is 0 Å². The minimum Gasteiger partial charge on any atom is -0.355 e. The number of sulfonamides is 1. The zero-order chi connectivity index (χ0) is 24.5. The number of alkyl halides is 3. The topological polar surface area (TPSA) is 101 Å². The summed E-state index contributed by atoms with van der Waals surface area (Å²) in [4.78, 5) is 10.2. The largest absolute Gasteiger partial charge is 0.418 e. The van der Waals surface area contributed by atoms with E-state index in [1.165, 1.54) is 12.1 Å². The Morgan fingerprint density at radius 1 is 1.06 bits per heavy atom. The summed E-state index contributed by atoms with van der Waals surface area (Å²) in [6, 6.07) is 12.9. The molecule has 4 rings (SSSR count). The number of piperidine rings is 1. The molecular weight excluding hydrogens is 503 g/mol. The lowest BCUT2D eigenvalue weighted by molar-refractivity contribution is -0.137. The number of nitrogens with one attached hydrogen (secondary N) is 1. The van der Waals surface area contributed by atoms with Gasteiger partial charge in [-0.2, -0.15) is 21.6 Å². The maximum Gasteiger partial charge on any atom is 0.418 e. The Kier molecular flexibility index (Phi) is 7.93. The Morgan fingerprint density at radius 2 is 1.80 bits per heavy atom. The van der Waals surface area contributed by atoms with Crippen LogP contribution in [0, 0.1) is 6.92 Å². The first-order valence-electron chi connectivity index (χ1n) is 10.7. The molecule has 1 unspecified atom stereocenters. The maximum atomic E-state index is 13.6. The molecule has 188 valence electrons. The van der Waals surface area contributed by atoms with Crippen LogP contribution in [0.2, 0.25) is 0 Å². The quantitative estimate of drug-likeness (QED) is 0.502. The number of aromatic nitrogens is 2. The van der Waals surface area contributed by atoms with E-state index in [1.54, 1.807) is 37.3 Å². The van der Waals surface area contributed by atoms with Crippen molar-refractivity contribution in [2.45, 2.75) is 37.0 Å². The molecule has 3 N–H and O–H groups in total. The van der Waals surface area contributed by atoms with Crippen molar-refractivity contribution in [1.82, 2.24) is 9.97 Å². The fourth-order valence-corrected chi connectivity index (χ4v) is 4.89. The number of benzene rings is 1. The highest BCUT2D eigenvalue weighted by atomic mass is 35.5. The third-order valence-corrected chi connectivity index (χ3v) is 6.86. The molecule has 1 saturated heterocycles. The van der Waals surface area contributed by atoms with Crippen LogP contribution >= 0.6 is 12.4 Å². The molecule has 7 nitrogen and oxygen atoms in total. The summed E-state index contributed by atoms with van der Waals surface area (Å²) in [7, 11) is -4.21. The van der Waals surface area contributed by atoms with Crippen molar-refractivity contribution in [2.75, 3.05) is 22.7 Å². The lowest BCUT2D eigenvalue weighted by atomic mass is 10.0. The lowest BCUT2D eigenvalue weighted by Crippen LogP contribution is -2.43. The van der Waals surface area contributed by atoms with Gasteiger partial charge in [-0.15, -0.1) is 12.4 Å². The molecule has 0 aliphatic carbocycles. The summed E-state index contributed by atoms with van der Waals surface area (Å²) in [6.07, 6.45) is -2.90. The van der Waals surface area contributed by atoms with Crippen LogP contribution in [0.4, 0.5) is 24.8 Å². The van der Waals surface area contributed by atoms with Gasteiger partial charge in [0.1, 0.15) is 11.6 Å². The van der Waals surface area contributed by atoms with Gasteiger partial charge in [-0.3, -0.25) is 4.72 Å². The highest BCUT2D eigenvalue weighted by molar-refractivity contribution is 7.92. The Morgan fingerprint density at radius 3 is 2.49 bits per heavy atom. The molecule has 0 saturated carbocycles. The van der Waals surface area contributed by atoms with Gasteiger partial charge in [-0.05, 0) is 49.6 Å². The second-order valence-electron chi connectivity index (χ2n) is 8.19. The van der Waals surface area contributed by atoms with Crippen LogP contribution in [0.15, 0.2) is 59.6 Å². The maximum absolute atomic E-state index is 13.6. The van der Waals surface area contributed by atoms with Crippen LogP contribution in [0.1, 0.15) is 24.0 Å². The summed E-state index contributed by atoms with van der Waals surface area (Å²) in [6.45, 7) is 2.93. The lowest BCUT2D eigenvalue weighted by Gasteiger charge is -2.31. The van der Waals surface area contributed by atoms with Crippen LogP contribution < -0.4 is 15.4 Å². The van der Waals surface area contributed by atoms with E-state index in [0.717, 1.165) is 25.0 Å². The fourth-order valence-electron chi connectivity index (χ4n) is 3.93. The molecule has 3 aromatic rings. The van der Waals surface area contributed by atoms with Crippen molar-refractivity contribution in [3.8, 4) is 11.3 Å². The minimum absolute atomic E-state index is 0. The Labute approximate surface area is 208 Å². The van der Waals surface area contributed by atoms with Gasteiger partial charge >= 0.3 is 6.18 Å². The van der Waals surface area contributed by atoms with Gasteiger partial charge in [0.25, 0.3) is 10.0 Å². The number of nitrogens with zero attached hydrogens (tertiary/aromatic N) is 3. The van der Waals surface area contributed by atoms with Crippen molar-refractivity contribution in [2.24, 2.45) is 5.73 Å². The van der Waals surface area contributed by atoms with Crippen molar-refractivity contribution in [1.29, 1.82) is 0 Å². The Hall–Kier alpha value is -2.89. The van der Waals surface area contributed by atoms with Gasteiger partial charge < -0.3 is 10.6 Å². The third-order valence-electron chi connectivity index (χ3n) is 5.61. The first kappa shape index (κ1) is 26.7. The van der Waals surface area contributed by atoms with E-state index in [0.29, 0.717) is 24.5 Å². The van der Waals surface area contributed by atoms with Gasteiger partial charge in [-0.25, -0.2) is 9.97 Å². The van der Waals surface area contributed by atoms with E-state index in [1.807, 2.05) is 4.90 Å². The van der Waals surface area contributed by atoms with Gasteiger partial charge in [-0.1, -0.05) is 30.3 Å². The Bertz CT molecular complexity index is 1300. The van der Waals surface area contributed by atoms with E-state index >= 15 is 0 Å². The number of halogens is 4. The molecule has 0 spiro atoms. The fraction of sp³-hybridized carbons (Fsp3) is 0.304. The van der Waals surface area contributed by atoms with E-state index < -0.39 is 21.8 Å².